The SMILES string of the molecule is CCC(C(=O)NC(C)C)N(Cc1ccc(Cl)cc1)C(=O)CN(c1cc(C(F)(F)F)ccc1Cl)S(C)(=O)=O. The first-order chi connectivity index (χ1) is 17.0. The van der Waals surface area contributed by atoms with Crippen molar-refractivity contribution in [1.29, 1.82) is 0 Å². The Kier molecular flexibility index (Phi) is 10.3. The first kappa shape index (κ1) is 30.7. The molecule has 0 fully saturated rings. The van der Waals surface area contributed by atoms with Crippen LogP contribution in [0.25, 0.3) is 0 Å². The number of halogens is 5. The average Bonchev–Trinajstić information content (AvgIpc) is 2.77. The van der Waals surface area contributed by atoms with E-state index in [0.717, 1.165) is 12.3 Å². The molecule has 0 aliphatic rings. The van der Waals surface area contributed by atoms with Crippen LogP contribution in [0.15, 0.2) is 42.5 Å². The van der Waals surface area contributed by atoms with E-state index in [2.05, 4.69) is 5.32 Å². The van der Waals surface area contributed by atoms with Crippen LogP contribution in [0.1, 0.15) is 38.3 Å². The normalized spacial score (nSPS) is 12.8. The highest BCUT2D eigenvalue weighted by molar-refractivity contribution is 7.92. The standard InChI is InChI=1S/C24H28Cl2F3N3O4S/c1-5-20(23(34)30-15(2)3)31(13-16-6-9-18(25)10-7-16)22(33)14-32(37(4,35)36)21-12-17(24(27,28)29)8-11-19(21)26/h6-12,15,20H,5,13-14H2,1-4H3,(H,30,34). The van der Waals surface area contributed by atoms with Crippen LogP contribution in [0.2, 0.25) is 10.0 Å². The molecule has 0 spiro atoms. The van der Waals surface area contributed by atoms with E-state index < -0.39 is 51.9 Å². The molecule has 2 aromatic rings. The van der Waals surface area contributed by atoms with Crippen LogP contribution in [0.5, 0.6) is 0 Å². The fraction of sp³-hybridized carbons (Fsp3) is 0.417. The number of hydrogen-bond donors (Lipinski definition) is 1. The Balaban J connectivity index is 2.54. The highest BCUT2D eigenvalue weighted by Crippen LogP contribution is 2.36. The van der Waals surface area contributed by atoms with Gasteiger partial charge in [0.15, 0.2) is 0 Å². The molecule has 0 saturated heterocycles. The number of amides is 2. The molecule has 204 valence electrons. The molecule has 7 nitrogen and oxygen atoms in total. The van der Waals surface area contributed by atoms with Gasteiger partial charge in [0.25, 0.3) is 0 Å². The number of benzene rings is 2. The highest BCUT2D eigenvalue weighted by Gasteiger charge is 2.35. The van der Waals surface area contributed by atoms with Gasteiger partial charge in [0, 0.05) is 17.6 Å². The van der Waals surface area contributed by atoms with Crippen LogP contribution in [-0.2, 0) is 32.3 Å². The number of rotatable bonds is 10. The quantitative estimate of drug-likeness (QED) is 0.422. The van der Waals surface area contributed by atoms with Gasteiger partial charge in [0.2, 0.25) is 21.8 Å². The van der Waals surface area contributed by atoms with Gasteiger partial charge in [-0.25, -0.2) is 8.42 Å². The third kappa shape index (κ3) is 8.51. The zero-order valence-corrected chi connectivity index (χ0v) is 23.0. The van der Waals surface area contributed by atoms with Gasteiger partial charge in [-0.05, 0) is 56.2 Å². The summed E-state index contributed by atoms with van der Waals surface area (Å²) in [6.45, 7) is 4.23. The third-order valence-corrected chi connectivity index (χ3v) is 7.00. The molecule has 37 heavy (non-hydrogen) atoms. The number of alkyl halides is 3. The summed E-state index contributed by atoms with van der Waals surface area (Å²) < 4.78 is 65.8. The van der Waals surface area contributed by atoms with Gasteiger partial charge in [0.05, 0.1) is 22.5 Å². The fourth-order valence-electron chi connectivity index (χ4n) is 3.56. The van der Waals surface area contributed by atoms with Crippen molar-refractivity contribution in [2.75, 3.05) is 17.1 Å². The van der Waals surface area contributed by atoms with Gasteiger partial charge in [-0.3, -0.25) is 13.9 Å². The Bertz CT molecular complexity index is 1220. The molecule has 0 heterocycles. The largest absolute Gasteiger partial charge is 0.416 e. The minimum atomic E-state index is -4.77. The number of carbonyl (C=O) groups is 2. The molecule has 0 bridgehead atoms. The van der Waals surface area contributed by atoms with E-state index in [4.69, 9.17) is 23.2 Å². The van der Waals surface area contributed by atoms with E-state index in [1.54, 1.807) is 45.0 Å². The van der Waals surface area contributed by atoms with Gasteiger partial charge in [-0.15, -0.1) is 0 Å². The Morgan fingerprint density at radius 2 is 1.65 bits per heavy atom. The summed E-state index contributed by atoms with van der Waals surface area (Å²) in [5.74, 6) is -1.26. The molecule has 0 aliphatic heterocycles. The molecule has 0 saturated carbocycles. The Hall–Kier alpha value is -2.50. The maximum atomic E-state index is 13.6. The maximum absolute atomic E-state index is 13.6. The third-order valence-electron chi connectivity index (χ3n) is 5.30. The second-order valence-corrected chi connectivity index (χ2v) is 11.4. The summed E-state index contributed by atoms with van der Waals surface area (Å²) in [5, 5.41) is 2.90. The zero-order valence-electron chi connectivity index (χ0n) is 20.6. The Morgan fingerprint density at radius 3 is 2.14 bits per heavy atom. The van der Waals surface area contributed by atoms with E-state index in [0.29, 0.717) is 27.0 Å². The summed E-state index contributed by atoms with van der Waals surface area (Å²) >= 11 is 12.0. The van der Waals surface area contributed by atoms with E-state index in [1.165, 1.54) is 4.90 Å². The number of sulfonamides is 1. The van der Waals surface area contributed by atoms with Crippen LogP contribution in [-0.4, -0.2) is 50.0 Å². The van der Waals surface area contributed by atoms with Crippen LogP contribution in [0.4, 0.5) is 18.9 Å². The molecule has 13 heteroatoms. The second-order valence-electron chi connectivity index (χ2n) is 8.67. The van der Waals surface area contributed by atoms with Crippen LogP contribution >= 0.6 is 23.2 Å². The topological polar surface area (TPSA) is 86.8 Å². The predicted octanol–water partition coefficient (Wildman–Crippen LogP) is 5.11. The Morgan fingerprint density at radius 1 is 1.05 bits per heavy atom. The van der Waals surface area contributed by atoms with Gasteiger partial charge in [0.1, 0.15) is 12.6 Å². The molecule has 0 aliphatic carbocycles. The predicted molar refractivity (Wildman–Crippen MR) is 138 cm³/mol. The lowest BCUT2D eigenvalue weighted by atomic mass is 10.1. The molecule has 1 unspecified atom stereocenters. The van der Waals surface area contributed by atoms with Gasteiger partial charge in [-0.2, -0.15) is 13.2 Å². The van der Waals surface area contributed by atoms with Crippen molar-refractivity contribution in [2.24, 2.45) is 0 Å². The van der Waals surface area contributed by atoms with Crippen LogP contribution in [0, 0.1) is 0 Å². The van der Waals surface area contributed by atoms with Gasteiger partial charge in [-0.1, -0.05) is 42.3 Å². The summed E-state index contributed by atoms with van der Waals surface area (Å²) in [6.07, 6.45) is -3.82. The number of nitrogens with one attached hydrogen (secondary N) is 1. The lowest BCUT2D eigenvalue weighted by Crippen LogP contribution is -2.53. The minimum Gasteiger partial charge on any atom is -0.352 e. The smallest absolute Gasteiger partial charge is 0.352 e. The van der Waals surface area contributed by atoms with Crippen molar-refractivity contribution in [3.05, 3.63) is 63.6 Å². The van der Waals surface area contributed by atoms with Crippen molar-refractivity contribution < 1.29 is 31.2 Å². The van der Waals surface area contributed by atoms with E-state index in [9.17, 15) is 31.2 Å². The zero-order chi connectivity index (χ0) is 28.1. The van der Waals surface area contributed by atoms with Crippen molar-refractivity contribution in [1.82, 2.24) is 10.2 Å². The highest BCUT2D eigenvalue weighted by atomic mass is 35.5. The molecule has 2 aromatic carbocycles. The summed E-state index contributed by atoms with van der Waals surface area (Å²) in [7, 11) is -4.27. The van der Waals surface area contributed by atoms with Crippen molar-refractivity contribution in [3.63, 3.8) is 0 Å². The van der Waals surface area contributed by atoms with Crippen molar-refractivity contribution in [2.45, 2.75) is 52.0 Å². The summed E-state index contributed by atoms with van der Waals surface area (Å²) in [4.78, 5) is 27.7. The van der Waals surface area contributed by atoms with Crippen LogP contribution < -0.4 is 9.62 Å². The molecule has 0 radical (unpaired) electrons. The maximum Gasteiger partial charge on any atom is 0.416 e. The van der Waals surface area contributed by atoms with Gasteiger partial charge < -0.3 is 10.2 Å². The van der Waals surface area contributed by atoms with E-state index in [-0.39, 0.29) is 24.0 Å². The summed E-state index contributed by atoms with van der Waals surface area (Å²) in [5.41, 5.74) is -1.02. The molecular weight excluding hydrogens is 554 g/mol. The molecule has 2 rings (SSSR count). The van der Waals surface area contributed by atoms with Gasteiger partial charge >= 0.3 is 6.18 Å². The van der Waals surface area contributed by atoms with E-state index in [1.807, 2.05) is 0 Å². The number of hydrogen-bond acceptors (Lipinski definition) is 4. The lowest BCUT2D eigenvalue weighted by molar-refractivity contribution is -0.140. The van der Waals surface area contributed by atoms with E-state index >= 15 is 0 Å². The molecular formula is C24H28Cl2F3N3O4S. The number of anilines is 1. The Labute approximate surface area is 224 Å². The average molecular weight is 582 g/mol. The minimum absolute atomic E-state index is 0.0754. The van der Waals surface area contributed by atoms with Crippen molar-refractivity contribution in [3.8, 4) is 0 Å². The summed E-state index contributed by atoms with van der Waals surface area (Å²) in [6, 6.07) is 7.47. The van der Waals surface area contributed by atoms with Crippen molar-refractivity contribution >= 4 is 50.7 Å². The monoisotopic (exact) mass is 581 g/mol. The second kappa shape index (κ2) is 12.4. The first-order valence-corrected chi connectivity index (χ1v) is 13.8. The molecule has 1 N–H and O–H groups in total. The lowest BCUT2D eigenvalue weighted by Gasteiger charge is -2.33. The molecule has 0 aromatic heterocycles. The molecule has 1 atom stereocenters. The number of nitrogens with zero attached hydrogens (tertiary/aromatic N) is 2. The first-order valence-electron chi connectivity index (χ1n) is 11.2. The van der Waals surface area contributed by atoms with Crippen LogP contribution in [0.3, 0.4) is 0 Å². The molecule has 2 amide bonds. The fourth-order valence-corrected chi connectivity index (χ4v) is 4.81. The number of carbonyl (C=O) groups excluding carboxylic acids is 2.